The molecule has 0 aliphatic rings. The van der Waals surface area contributed by atoms with E-state index in [2.05, 4.69) is 5.32 Å². The molecule has 0 saturated heterocycles. The Morgan fingerprint density at radius 1 is 1.19 bits per heavy atom. The molecule has 0 spiro atoms. The van der Waals surface area contributed by atoms with Crippen molar-refractivity contribution in [1.82, 2.24) is 5.32 Å². The summed E-state index contributed by atoms with van der Waals surface area (Å²) in [6.45, 7) is 2.15. The molecule has 0 aliphatic carbocycles. The number of carbonyl (C=O) groups is 1. The van der Waals surface area contributed by atoms with E-state index in [9.17, 15) is 4.79 Å². The van der Waals surface area contributed by atoms with Gasteiger partial charge in [-0.05, 0) is 42.8 Å². The van der Waals surface area contributed by atoms with Crippen molar-refractivity contribution in [3.8, 4) is 5.75 Å². The first kappa shape index (κ1) is 15.8. The van der Waals surface area contributed by atoms with Gasteiger partial charge in [0.25, 0.3) is 0 Å². The van der Waals surface area contributed by atoms with Crippen LogP contribution in [0.15, 0.2) is 36.4 Å². The van der Waals surface area contributed by atoms with E-state index in [1.165, 1.54) is 17.0 Å². The van der Waals surface area contributed by atoms with Crippen LogP contribution in [0.5, 0.6) is 5.75 Å². The van der Waals surface area contributed by atoms with E-state index >= 15 is 0 Å². The summed E-state index contributed by atoms with van der Waals surface area (Å²) in [5.41, 5.74) is 0.259. The summed E-state index contributed by atoms with van der Waals surface area (Å²) < 4.78 is 6.34. The SMILES string of the molecule is O=C(O)c1ccc(OCCNCCc2ccc(Cl)s2)cc1. The molecular formula is C15H16ClNO3S. The van der Waals surface area contributed by atoms with E-state index < -0.39 is 5.97 Å². The molecule has 2 N–H and O–H groups in total. The number of carboxylic acid groups (broad SMARTS) is 1. The van der Waals surface area contributed by atoms with Crippen molar-refractivity contribution in [2.45, 2.75) is 6.42 Å². The number of nitrogens with one attached hydrogen (secondary N) is 1. The Morgan fingerprint density at radius 3 is 2.57 bits per heavy atom. The van der Waals surface area contributed by atoms with Gasteiger partial charge in [0.15, 0.2) is 0 Å². The molecule has 0 bridgehead atoms. The van der Waals surface area contributed by atoms with Gasteiger partial charge in [0, 0.05) is 18.0 Å². The number of hydrogen-bond acceptors (Lipinski definition) is 4. The molecule has 0 radical (unpaired) electrons. The average molecular weight is 326 g/mol. The zero-order valence-electron chi connectivity index (χ0n) is 11.3. The Labute approximate surface area is 132 Å². The topological polar surface area (TPSA) is 58.6 Å². The van der Waals surface area contributed by atoms with Gasteiger partial charge in [-0.25, -0.2) is 4.79 Å². The predicted molar refractivity (Wildman–Crippen MR) is 84.8 cm³/mol. The van der Waals surface area contributed by atoms with E-state index in [1.54, 1.807) is 23.5 Å². The molecule has 4 nitrogen and oxygen atoms in total. The highest BCUT2D eigenvalue weighted by molar-refractivity contribution is 7.16. The standard InChI is InChI=1S/C15H16ClNO3S/c16-14-6-5-13(21-14)7-8-17-9-10-20-12-3-1-11(2-4-12)15(18)19/h1-6,17H,7-10H2,(H,18,19). The van der Waals surface area contributed by atoms with Crippen LogP contribution in [0.4, 0.5) is 0 Å². The average Bonchev–Trinajstić information content (AvgIpc) is 2.89. The summed E-state index contributed by atoms with van der Waals surface area (Å²) in [6.07, 6.45) is 0.949. The van der Waals surface area contributed by atoms with Crippen molar-refractivity contribution in [3.63, 3.8) is 0 Å². The fraction of sp³-hybridized carbons (Fsp3) is 0.267. The Hall–Kier alpha value is -1.56. The number of ether oxygens (including phenoxy) is 1. The second-order valence-electron chi connectivity index (χ2n) is 4.38. The van der Waals surface area contributed by atoms with E-state index in [0.717, 1.165) is 23.8 Å². The second kappa shape index (κ2) is 8.02. The lowest BCUT2D eigenvalue weighted by molar-refractivity contribution is 0.0697. The van der Waals surface area contributed by atoms with Gasteiger partial charge in [0.1, 0.15) is 12.4 Å². The lowest BCUT2D eigenvalue weighted by Gasteiger charge is -2.07. The molecule has 1 aromatic carbocycles. The molecule has 0 unspecified atom stereocenters. The Kier molecular flexibility index (Phi) is 6.04. The first-order chi connectivity index (χ1) is 10.1. The minimum Gasteiger partial charge on any atom is -0.492 e. The van der Waals surface area contributed by atoms with Gasteiger partial charge in [0.2, 0.25) is 0 Å². The first-order valence-corrected chi connectivity index (χ1v) is 7.75. The quantitative estimate of drug-likeness (QED) is 0.731. The van der Waals surface area contributed by atoms with E-state index in [0.29, 0.717) is 12.4 Å². The summed E-state index contributed by atoms with van der Waals surface area (Å²) in [4.78, 5) is 12.0. The van der Waals surface area contributed by atoms with Crippen molar-refractivity contribution < 1.29 is 14.6 Å². The fourth-order valence-electron chi connectivity index (χ4n) is 1.76. The van der Waals surface area contributed by atoms with Gasteiger partial charge in [-0.2, -0.15) is 0 Å². The minimum atomic E-state index is -0.933. The van der Waals surface area contributed by atoms with E-state index in [-0.39, 0.29) is 5.56 Å². The molecule has 2 aromatic rings. The van der Waals surface area contributed by atoms with E-state index in [1.807, 2.05) is 12.1 Å². The molecule has 1 heterocycles. The number of halogens is 1. The van der Waals surface area contributed by atoms with E-state index in [4.69, 9.17) is 21.4 Å². The van der Waals surface area contributed by atoms with Crippen molar-refractivity contribution in [3.05, 3.63) is 51.2 Å². The number of benzene rings is 1. The molecule has 0 saturated carbocycles. The van der Waals surface area contributed by atoms with Crippen LogP contribution < -0.4 is 10.1 Å². The largest absolute Gasteiger partial charge is 0.492 e. The fourth-order valence-corrected chi connectivity index (χ4v) is 2.84. The molecule has 0 fully saturated rings. The third-order valence-electron chi connectivity index (χ3n) is 2.83. The third kappa shape index (κ3) is 5.38. The summed E-state index contributed by atoms with van der Waals surface area (Å²) in [5.74, 6) is -0.260. The van der Waals surface area contributed by atoms with Gasteiger partial charge in [-0.1, -0.05) is 11.6 Å². The molecule has 112 valence electrons. The zero-order chi connectivity index (χ0) is 15.1. The van der Waals surface area contributed by atoms with Gasteiger partial charge in [0.05, 0.1) is 9.90 Å². The minimum absolute atomic E-state index is 0.259. The van der Waals surface area contributed by atoms with Crippen molar-refractivity contribution in [2.75, 3.05) is 19.7 Å². The third-order valence-corrected chi connectivity index (χ3v) is 4.12. The Balaban J connectivity index is 1.60. The lowest BCUT2D eigenvalue weighted by Crippen LogP contribution is -2.23. The normalized spacial score (nSPS) is 10.5. The molecule has 0 aliphatic heterocycles. The molecular weight excluding hydrogens is 310 g/mol. The van der Waals surface area contributed by atoms with Gasteiger partial charge in [-0.3, -0.25) is 0 Å². The van der Waals surface area contributed by atoms with Crippen molar-refractivity contribution in [2.24, 2.45) is 0 Å². The number of carboxylic acids is 1. The Morgan fingerprint density at radius 2 is 1.95 bits per heavy atom. The monoisotopic (exact) mass is 325 g/mol. The van der Waals surface area contributed by atoms with Gasteiger partial charge in [-0.15, -0.1) is 11.3 Å². The van der Waals surface area contributed by atoms with Crippen LogP contribution in [-0.2, 0) is 6.42 Å². The van der Waals surface area contributed by atoms with Crippen LogP contribution in [0.25, 0.3) is 0 Å². The van der Waals surface area contributed by atoms with Gasteiger partial charge < -0.3 is 15.2 Å². The lowest BCUT2D eigenvalue weighted by atomic mass is 10.2. The van der Waals surface area contributed by atoms with Crippen LogP contribution in [0, 0.1) is 0 Å². The number of rotatable bonds is 8. The molecule has 0 atom stereocenters. The number of hydrogen-bond donors (Lipinski definition) is 2. The highest BCUT2D eigenvalue weighted by atomic mass is 35.5. The molecule has 6 heteroatoms. The number of thiophene rings is 1. The maximum Gasteiger partial charge on any atom is 0.335 e. The smallest absolute Gasteiger partial charge is 0.335 e. The van der Waals surface area contributed by atoms with Crippen LogP contribution in [0.2, 0.25) is 4.34 Å². The highest BCUT2D eigenvalue weighted by Gasteiger charge is 2.02. The maximum absolute atomic E-state index is 10.7. The summed E-state index contributed by atoms with van der Waals surface area (Å²) in [6, 6.07) is 10.3. The first-order valence-electron chi connectivity index (χ1n) is 6.56. The second-order valence-corrected chi connectivity index (χ2v) is 6.18. The molecule has 2 rings (SSSR count). The summed E-state index contributed by atoms with van der Waals surface area (Å²) >= 11 is 7.46. The van der Waals surface area contributed by atoms with Crippen molar-refractivity contribution in [1.29, 1.82) is 0 Å². The van der Waals surface area contributed by atoms with Crippen LogP contribution in [-0.4, -0.2) is 30.8 Å². The van der Waals surface area contributed by atoms with Crippen LogP contribution >= 0.6 is 22.9 Å². The maximum atomic E-state index is 10.7. The molecule has 21 heavy (non-hydrogen) atoms. The molecule has 1 aromatic heterocycles. The van der Waals surface area contributed by atoms with Crippen LogP contribution in [0.3, 0.4) is 0 Å². The van der Waals surface area contributed by atoms with Crippen molar-refractivity contribution >= 4 is 28.9 Å². The molecule has 0 amide bonds. The number of aromatic carboxylic acids is 1. The zero-order valence-corrected chi connectivity index (χ0v) is 12.9. The highest BCUT2D eigenvalue weighted by Crippen LogP contribution is 2.21. The van der Waals surface area contributed by atoms with Crippen LogP contribution in [0.1, 0.15) is 15.2 Å². The summed E-state index contributed by atoms with van der Waals surface area (Å²) in [5, 5.41) is 12.1. The Bertz CT molecular complexity index is 583. The van der Waals surface area contributed by atoms with Gasteiger partial charge >= 0.3 is 5.97 Å². The predicted octanol–water partition coefficient (Wildman–Crippen LogP) is 3.31. The summed E-state index contributed by atoms with van der Waals surface area (Å²) in [7, 11) is 0.